The quantitative estimate of drug-likeness (QED) is 0.652. The van der Waals surface area contributed by atoms with E-state index in [1.54, 1.807) is 30.6 Å². The van der Waals surface area contributed by atoms with Crippen LogP contribution in [0, 0.1) is 0 Å². The van der Waals surface area contributed by atoms with Gasteiger partial charge in [-0.3, -0.25) is 4.79 Å². The van der Waals surface area contributed by atoms with E-state index in [-0.39, 0.29) is 5.78 Å². The Kier molecular flexibility index (Phi) is 4.61. The number of allylic oxidation sites excluding steroid dienone is 1. The molecule has 0 atom stereocenters. The van der Waals surface area contributed by atoms with Crippen molar-refractivity contribution in [2.24, 2.45) is 0 Å². The Morgan fingerprint density at radius 2 is 1.81 bits per heavy atom. The van der Waals surface area contributed by atoms with Gasteiger partial charge in [0.25, 0.3) is 0 Å². The largest absolute Gasteiger partial charge is 0.493 e. The van der Waals surface area contributed by atoms with E-state index in [0.29, 0.717) is 28.6 Å². The fraction of sp³-hybridized carbons (Fsp3) is 0.200. The maximum atomic E-state index is 12.2. The van der Waals surface area contributed by atoms with E-state index in [1.807, 2.05) is 0 Å². The van der Waals surface area contributed by atoms with E-state index in [9.17, 15) is 4.79 Å². The van der Waals surface area contributed by atoms with Crippen LogP contribution in [0.4, 0.5) is 0 Å². The van der Waals surface area contributed by atoms with Crippen molar-refractivity contribution in [2.75, 3.05) is 21.3 Å². The van der Waals surface area contributed by atoms with Crippen LogP contribution >= 0.6 is 0 Å². The van der Waals surface area contributed by atoms with Gasteiger partial charge in [-0.1, -0.05) is 0 Å². The molecule has 0 amide bonds. The van der Waals surface area contributed by atoms with Crippen LogP contribution in [0.3, 0.4) is 0 Å². The number of imidazole rings is 1. The van der Waals surface area contributed by atoms with Crippen LogP contribution < -0.4 is 14.2 Å². The number of methoxy groups -OCH3 is 3. The van der Waals surface area contributed by atoms with Crippen molar-refractivity contribution in [3.63, 3.8) is 0 Å². The molecule has 2 aromatic rings. The van der Waals surface area contributed by atoms with Crippen molar-refractivity contribution in [2.45, 2.75) is 0 Å². The zero-order valence-corrected chi connectivity index (χ0v) is 12.0. The molecule has 0 spiro atoms. The Bertz CT molecular complexity index is 623. The van der Waals surface area contributed by atoms with Crippen LogP contribution in [-0.4, -0.2) is 37.1 Å². The number of nitrogens with zero attached hydrogens (tertiary/aromatic N) is 1. The number of H-pyrrole nitrogens is 1. The van der Waals surface area contributed by atoms with Crippen LogP contribution in [0.5, 0.6) is 17.2 Å². The summed E-state index contributed by atoms with van der Waals surface area (Å²) < 4.78 is 15.7. The van der Waals surface area contributed by atoms with Gasteiger partial charge in [0, 0.05) is 18.0 Å². The highest BCUT2D eigenvalue weighted by Gasteiger charge is 2.15. The third-order valence-electron chi connectivity index (χ3n) is 2.86. The molecule has 1 aromatic carbocycles. The number of ether oxygens (including phenoxy) is 3. The summed E-state index contributed by atoms with van der Waals surface area (Å²) in [4.78, 5) is 19.1. The standard InChI is InChI=1S/C15H16N2O4/c1-19-12-8-10(9-13(20-2)15(12)21-3)11(18)4-5-14-16-6-7-17-14/h4-9H,1-3H3,(H,16,17)/b5-4+. The van der Waals surface area contributed by atoms with Gasteiger partial charge < -0.3 is 19.2 Å². The van der Waals surface area contributed by atoms with Crippen LogP contribution in [-0.2, 0) is 0 Å². The minimum absolute atomic E-state index is 0.189. The third kappa shape index (κ3) is 3.22. The molecule has 21 heavy (non-hydrogen) atoms. The Hall–Kier alpha value is -2.76. The van der Waals surface area contributed by atoms with Gasteiger partial charge in [-0.25, -0.2) is 4.98 Å². The first kappa shape index (κ1) is 14.6. The smallest absolute Gasteiger partial charge is 0.203 e. The van der Waals surface area contributed by atoms with E-state index < -0.39 is 0 Å². The molecule has 0 saturated carbocycles. The van der Waals surface area contributed by atoms with Gasteiger partial charge in [-0.2, -0.15) is 0 Å². The second-order valence-electron chi connectivity index (χ2n) is 4.09. The highest BCUT2D eigenvalue weighted by molar-refractivity contribution is 6.07. The summed E-state index contributed by atoms with van der Waals surface area (Å²) in [6, 6.07) is 3.21. The molecular formula is C15H16N2O4. The van der Waals surface area contributed by atoms with Gasteiger partial charge >= 0.3 is 0 Å². The number of hydrogen-bond donors (Lipinski definition) is 1. The zero-order valence-electron chi connectivity index (χ0n) is 12.0. The summed E-state index contributed by atoms with van der Waals surface area (Å²) in [5.74, 6) is 1.74. The second kappa shape index (κ2) is 6.60. The van der Waals surface area contributed by atoms with Crippen LogP contribution in [0.25, 0.3) is 6.08 Å². The number of rotatable bonds is 6. The zero-order chi connectivity index (χ0) is 15.2. The number of hydrogen-bond acceptors (Lipinski definition) is 5. The Morgan fingerprint density at radius 1 is 1.14 bits per heavy atom. The summed E-state index contributed by atoms with van der Waals surface area (Å²) >= 11 is 0. The van der Waals surface area contributed by atoms with Gasteiger partial charge in [0.05, 0.1) is 21.3 Å². The first-order valence-corrected chi connectivity index (χ1v) is 6.21. The first-order chi connectivity index (χ1) is 10.2. The lowest BCUT2D eigenvalue weighted by atomic mass is 10.1. The normalized spacial score (nSPS) is 10.6. The van der Waals surface area contributed by atoms with Gasteiger partial charge in [0.1, 0.15) is 5.82 Å². The molecule has 0 fully saturated rings. The summed E-state index contributed by atoms with van der Waals surface area (Å²) in [5.41, 5.74) is 0.437. The van der Waals surface area contributed by atoms with Crippen LogP contribution in [0.1, 0.15) is 16.2 Å². The highest BCUT2D eigenvalue weighted by atomic mass is 16.5. The molecule has 0 saturated heterocycles. The number of ketones is 1. The third-order valence-corrected chi connectivity index (χ3v) is 2.86. The molecule has 1 N–H and O–H groups in total. The lowest BCUT2D eigenvalue weighted by Crippen LogP contribution is -2.00. The number of aromatic nitrogens is 2. The van der Waals surface area contributed by atoms with Crippen molar-refractivity contribution < 1.29 is 19.0 Å². The molecule has 0 aliphatic carbocycles. The summed E-state index contributed by atoms with van der Waals surface area (Å²) in [7, 11) is 4.52. The molecule has 6 heteroatoms. The average Bonchev–Trinajstić information content (AvgIpc) is 3.04. The number of nitrogens with one attached hydrogen (secondary N) is 1. The van der Waals surface area contributed by atoms with Gasteiger partial charge in [-0.05, 0) is 24.3 Å². The Balaban J connectivity index is 2.33. The number of carbonyl (C=O) groups is 1. The molecule has 6 nitrogen and oxygen atoms in total. The van der Waals surface area contributed by atoms with E-state index in [4.69, 9.17) is 14.2 Å². The van der Waals surface area contributed by atoms with Gasteiger partial charge in [0.2, 0.25) is 5.75 Å². The van der Waals surface area contributed by atoms with E-state index >= 15 is 0 Å². The monoisotopic (exact) mass is 288 g/mol. The predicted molar refractivity (Wildman–Crippen MR) is 78.1 cm³/mol. The Morgan fingerprint density at radius 3 is 2.29 bits per heavy atom. The molecule has 0 aliphatic heterocycles. The average molecular weight is 288 g/mol. The summed E-state index contributed by atoms with van der Waals surface area (Å²) in [5, 5.41) is 0. The van der Waals surface area contributed by atoms with Gasteiger partial charge in [0.15, 0.2) is 17.3 Å². The highest BCUT2D eigenvalue weighted by Crippen LogP contribution is 2.38. The number of benzene rings is 1. The molecule has 0 aliphatic rings. The number of aromatic amines is 1. The fourth-order valence-electron chi connectivity index (χ4n) is 1.84. The van der Waals surface area contributed by atoms with Crippen LogP contribution in [0.2, 0.25) is 0 Å². The van der Waals surface area contributed by atoms with E-state index in [0.717, 1.165) is 0 Å². The maximum Gasteiger partial charge on any atom is 0.203 e. The molecule has 2 rings (SSSR count). The molecule has 0 unspecified atom stereocenters. The minimum Gasteiger partial charge on any atom is -0.493 e. The SMILES string of the molecule is COc1cc(C(=O)/C=C/c2ncc[nH]2)cc(OC)c1OC. The minimum atomic E-state index is -0.189. The van der Waals surface area contributed by atoms with Crippen molar-refractivity contribution in [1.29, 1.82) is 0 Å². The first-order valence-electron chi connectivity index (χ1n) is 6.21. The molecule has 1 heterocycles. The predicted octanol–water partition coefficient (Wildman–Crippen LogP) is 2.33. The molecular weight excluding hydrogens is 272 g/mol. The van der Waals surface area contributed by atoms with Crippen molar-refractivity contribution >= 4 is 11.9 Å². The molecule has 0 bridgehead atoms. The van der Waals surface area contributed by atoms with Crippen molar-refractivity contribution in [1.82, 2.24) is 9.97 Å². The molecule has 110 valence electrons. The van der Waals surface area contributed by atoms with E-state index in [1.165, 1.54) is 27.4 Å². The van der Waals surface area contributed by atoms with Gasteiger partial charge in [-0.15, -0.1) is 0 Å². The lowest BCUT2D eigenvalue weighted by molar-refractivity contribution is 0.104. The topological polar surface area (TPSA) is 73.4 Å². The van der Waals surface area contributed by atoms with E-state index in [2.05, 4.69) is 9.97 Å². The molecule has 0 radical (unpaired) electrons. The summed E-state index contributed by atoms with van der Waals surface area (Å²) in [6.07, 6.45) is 6.33. The molecule has 1 aromatic heterocycles. The van der Waals surface area contributed by atoms with Crippen molar-refractivity contribution in [3.8, 4) is 17.2 Å². The summed E-state index contributed by atoms with van der Waals surface area (Å²) in [6.45, 7) is 0. The second-order valence-corrected chi connectivity index (χ2v) is 4.09. The number of carbonyl (C=O) groups excluding carboxylic acids is 1. The lowest BCUT2D eigenvalue weighted by Gasteiger charge is -2.13. The maximum absolute atomic E-state index is 12.2. The fourth-order valence-corrected chi connectivity index (χ4v) is 1.84. The Labute approximate surface area is 122 Å². The van der Waals surface area contributed by atoms with Crippen LogP contribution in [0.15, 0.2) is 30.6 Å². The van der Waals surface area contributed by atoms with Crippen molar-refractivity contribution in [3.05, 3.63) is 42.0 Å².